The number of fused-ring (bicyclic) bond motifs is 2. The van der Waals surface area contributed by atoms with Crippen molar-refractivity contribution in [3.05, 3.63) is 71.8 Å². The molecule has 162 valence electrons. The number of rotatable bonds is 6. The minimum Gasteiger partial charge on any atom is -0.350 e. The Morgan fingerprint density at radius 3 is 2.19 bits per heavy atom. The number of nitrogens with one attached hydrogen (secondary N) is 1. The molecule has 2 bridgehead atoms. The molecule has 2 aromatic carbocycles. The van der Waals surface area contributed by atoms with Crippen LogP contribution >= 0.6 is 0 Å². The molecule has 3 unspecified atom stereocenters. The van der Waals surface area contributed by atoms with Crippen molar-refractivity contribution < 1.29 is 14.4 Å². The second kappa shape index (κ2) is 7.95. The smallest absolute Gasteiger partial charge is 0.243 e. The molecule has 1 aliphatic carbocycles. The van der Waals surface area contributed by atoms with E-state index in [9.17, 15) is 14.4 Å². The van der Waals surface area contributed by atoms with Crippen LogP contribution in [-0.4, -0.2) is 28.7 Å². The molecule has 0 spiro atoms. The van der Waals surface area contributed by atoms with Gasteiger partial charge in [0.15, 0.2) is 0 Å². The summed E-state index contributed by atoms with van der Waals surface area (Å²) in [6.45, 7) is 6.34. The maximum Gasteiger partial charge on any atom is 0.243 e. The van der Waals surface area contributed by atoms with Crippen LogP contribution in [0.15, 0.2) is 60.7 Å². The maximum atomic E-state index is 13.7. The Labute approximate surface area is 183 Å². The number of amides is 3. The third-order valence-electron chi connectivity index (χ3n) is 7.65. The summed E-state index contributed by atoms with van der Waals surface area (Å²) in [5, 5.41) is 2.96. The molecule has 1 saturated carbocycles. The zero-order chi connectivity index (χ0) is 22.2. The topological polar surface area (TPSA) is 66.5 Å². The minimum atomic E-state index is -0.859. The number of carbonyl (C=O) groups excluding carboxylic acids is 3. The lowest BCUT2D eigenvalue weighted by Crippen LogP contribution is -2.64. The van der Waals surface area contributed by atoms with Crippen LogP contribution in [0.25, 0.3) is 0 Å². The average Bonchev–Trinajstić information content (AvgIpc) is 2.95. The first-order valence-corrected chi connectivity index (χ1v) is 11.0. The summed E-state index contributed by atoms with van der Waals surface area (Å²) in [6, 6.07) is 18.4. The van der Waals surface area contributed by atoms with Crippen LogP contribution in [0.2, 0.25) is 0 Å². The Balaban J connectivity index is 1.65. The van der Waals surface area contributed by atoms with Crippen LogP contribution in [-0.2, 0) is 27.3 Å². The van der Waals surface area contributed by atoms with Gasteiger partial charge in [0.25, 0.3) is 0 Å². The van der Waals surface area contributed by atoms with E-state index in [1.54, 1.807) is 0 Å². The van der Waals surface area contributed by atoms with E-state index < -0.39 is 16.9 Å². The first-order chi connectivity index (χ1) is 14.8. The van der Waals surface area contributed by atoms with E-state index in [0.717, 1.165) is 11.1 Å². The van der Waals surface area contributed by atoms with Crippen LogP contribution < -0.4 is 5.32 Å². The maximum absolute atomic E-state index is 13.7. The van der Waals surface area contributed by atoms with Gasteiger partial charge in [0, 0.05) is 18.9 Å². The van der Waals surface area contributed by atoms with E-state index in [1.165, 1.54) is 4.90 Å². The number of benzene rings is 2. The van der Waals surface area contributed by atoms with Crippen LogP contribution in [0, 0.1) is 16.7 Å². The van der Waals surface area contributed by atoms with E-state index in [1.807, 2.05) is 81.4 Å². The zero-order valence-electron chi connectivity index (χ0n) is 18.4. The summed E-state index contributed by atoms with van der Waals surface area (Å²) >= 11 is 0. The first kappa shape index (κ1) is 21.3. The van der Waals surface area contributed by atoms with E-state index in [2.05, 4.69) is 5.32 Å². The van der Waals surface area contributed by atoms with E-state index >= 15 is 0 Å². The summed E-state index contributed by atoms with van der Waals surface area (Å²) in [6.07, 6.45) is 1.67. The van der Waals surface area contributed by atoms with Crippen molar-refractivity contribution >= 4 is 17.7 Å². The molecule has 3 amide bonds. The van der Waals surface area contributed by atoms with Gasteiger partial charge in [-0.25, -0.2) is 0 Å². The number of nitrogens with zero attached hydrogens (tertiary/aromatic N) is 1. The fourth-order valence-corrected chi connectivity index (χ4v) is 5.19. The van der Waals surface area contributed by atoms with Crippen LogP contribution in [0.4, 0.5) is 0 Å². The van der Waals surface area contributed by atoms with Crippen molar-refractivity contribution in [1.29, 1.82) is 0 Å². The van der Waals surface area contributed by atoms with Crippen molar-refractivity contribution in [2.45, 2.75) is 52.6 Å². The second-order valence-corrected chi connectivity index (χ2v) is 9.57. The molecule has 5 nitrogen and oxygen atoms in total. The monoisotopic (exact) mass is 418 g/mol. The normalized spacial score (nSPS) is 25.4. The number of likely N-dealkylation sites (tertiary alicyclic amines) is 1. The van der Waals surface area contributed by atoms with E-state index in [4.69, 9.17) is 0 Å². The van der Waals surface area contributed by atoms with Crippen molar-refractivity contribution in [3.8, 4) is 0 Å². The zero-order valence-corrected chi connectivity index (χ0v) is 18.4. The Hall–Kier alpha value is -2.95. The lowest BCUT2D eigenvalue weighted by Gasteiger charge is -2.49. The minimum absolute atomic E-state index is 0.208. The van der Waals surface area contributed by atoms with Gasteiger partial charge in [0.2, 0.25) is 17.7 Å². The number of hydrogen-bond donors (Lipinski definition) is 1. The predicted octanol–water partition coefficient (Wildman–Crippen LogP) is 3.73. The summed E-state index contributed by atoms with van der Waals surface area (Å²) in [5.74, 6) is -0.958. The largest absolute Gasteiger partial charge is 0.350 e. The van der Waals surface area contributed by atoms with Gasteiger partial charge in [0.05, 0.1) is 5.41 Å². The molecular formula is C26H30N2O3. The van der Waals surface area contributed by atoms with Crippen LogP contribution in [0.3, 0.4) is 0 Å². The average molecular weight is 419 g/mol. The molecule has 1 saturated heterocycles. The van der Waals surface area contributed by atoms with Crippen molar-refractivity contribution in [2.24, 2.45) is 16.7 Å². The SMILES string of the molecule is CC12CCC(C(=O)N(C(Cc3ccccc3)C(=O)NCc3ccccc3)C1=O)C2(C)C. The number of carbonyl (C=O) groups is 3. The quantitative estimate of drug-likeness (QED) is 0.727. The van der Waals surface area contributed by atoms with Gasteiger partial charge >= 0.3 is 0 Å². The van der Waals surface area contributed by atoms with Crippen LogP contribution in [0.1, 0.15) is 44.7 Å². The van der Waals surface area contributed by atoms with Gasteiger partial charge in [0.1, 0.15) is 6.04 Å². The molecule has 5 heteroatoms. The highest BCUT2D eigenvalue weighted by Crippen LogP contribution is 2.60. The van der Waals surface area contributed by atoms with Gasteiger partial charge in [-0.05, 0) is 29.4 Å². The summed E-state index contributed by atoms with van der Waals surface area (Å²) in [5.41, 5.74) is 0.847. The fraction of sp³-hybridized carbons (Fsp3) is 0.423. The highest BCUT2D eigenvalue weighted by molar-refractivity contribution is 6.07. The van der Waals surface area contributed by atoms with E-state index in [0.29, 0.717) is 25.8 Å². The molecule has 1 aliphatic heterocycles. The Morgan fingerprint density at radius 2 is 1.58 bits per heavy atom. The lowest BCUT2D eigenvalue weighted by molar-refractivity contribution is -0.173. The molecule has 1 heterocycles. The fourth-order valence-electron chi connectivity index (χ4n) is 5.19. The molecule has 2 aliphatic rings. The molecule has 4 rings (SSSR count). The standard InChI is InChI=1S/C26H30N2O3/c1-25(2)20-14-15-26(25,3)24(31)28(23(20)30)21(16-18-10-6-4-7-11-18)22(29)27-17-19-12-8-5-9-13-19/h4-13,20-21H,14-17H2,1-3H3,(H,27,29). The lowest BCUT2D eigenvalue weighted by atomic mass is 9.62. The molecule has 3 atom stereocenters. The number of piperidine rings is 1. The molecule has 31 heavy (non-hydrogen) atoms. The van der Waals surface area contributed by atoms with Gasteiger partial charge in [-0.3, -0.25) is 19.3 Å². The molecule has 1 N–H and O–H groups in total. The van der Waals surface area contributed by atoms with Gasteiger partial charge in [-0.1, -0.05) is 81.4 Å². The van der Waals surface area contributed by atoms with Gasteiger partial charge in [-0.15, -0.1) is 0 Å². The molecular weight excluding hydrogens is 388 g/mol. The Kier molecular flexibility index (Phi) is 5.46. The third kappa shape index (κ3) is 3.56. The third-order valence-corrected chi connectivity index (χ3v) is 7.65. The number of imide groups is 1. The number of hydrogen-bond acceptors (Lipinski definition) is 3. The Bertz CT molecular complexity index is 986. The second-order valence-electron chi connectivity index (χ2n) is 9.57. The predicted molar refractivity (Wildman–Crippen MR) is 119 cm³/mol. The molecule has 2 aromatic rings. The van der Waals surface area contributed by atoms with E-state index in [-0.39, 0.29) is 23.6 Å². The van der Waals surface area contributed by atoms with Crippen molar-refractivity contribution in [3.63, 3.8) is 0 Å². The summed E-state index contributed by atoms with van der Waals surface area (Å²) in [7, 11) is 0. The summed E-state index contributed by atoms with van der Waals surface area (Å²) < 4.78 is 0. The van der Waals surface area contributed by atoms with Crippen molar-refractivity contribution in [1.82, 2.24) is 10.2 Å². The highest BCUT2D eigenvalue weighted by Gasteiger charge is 2.65. The van der Waals surface area contributed by atoms with Gasteiger partial charge < -0.3 is 5.32 Å². The van der Waals surface area contributed by atoms with Gasteiger partial charge in [-0.2, -0.15) is 0 Å². The Morgan fingerprint density at radius 1 is 1.00 bits per heavy atom. The summed E-state index contributed by atoms with van der Waals surface area (Å²) in [4.78, 5) is 41.8. The highest BCUT2D eigenvalue weighted by atomic mass is 16.2. The first-order valence-electron chi connectivity index (χ1n) is 11.0. The van der Waals surface area contributed by atoms with Crippen LogP contribution in [0.5, 0.6) is 0 Å². The molecule has 2 fully saturated rings. The molecule has 0 radical (unpaired) electrons. The van der Waals surface area contributed by atoms with Crippen molar-refractivity contribution in [2.75, 3.05) is 0 Å². The molecule has 0 aromatic heterocycles.